The number of carbonyl (C=O) groups is 1. The molecule has 2 aliphatic carbocycles. The van der Waals surface area contributed by atoms with Gasteiger partial charge in [-0.25, -0.2) is 13.5 Å². The number of pyridine rings is 1. The van der Waals surface area contributed by atoms with Crippen molar-refractivity contribution in [1.29, 1.82) is 0 Å². The molecule has 9 heteroatoms. The fourth-order valence-corrected chi connectivity index (χ4v) is 7.10. The second-order valence-electron chi connectivity index (χ2n) is 9.53. The molecule has 2 aromatic heterocycles. The van der Waals surface area contributed by atoms with Crippen molar-refractivity contribution in [3.8, 4) is 5.69 Å². The highest BCUT2D eigenvalue weighted by atomic mass is 32.2. The van der Waals surface area contributed by atoms with E-state index in [1.165, 1.54) is 24.3 Å². The Morgan fingerprint density at radius 1 is 1.00 bits per heavy atom. The minimum atomic E-state index is -1.40. The first-order chi connectivity index (χ1) is 17.9. The number of hydrogen-bond acceptors (Lipinski definition) is 4. The third kappa shape index (κ3) is 4.41. The average molecular weight is 534 g/mol. The van der Waals surface area contributed by atoms with Crippen LogP contribution in [0.15, 0.2) is 89.6 Å². The Morgan fingerprint density at radius 3 is 2.39 bits per heavy atom. The Balaban J connectivity index is 0.00000294. The van der Waals surface area contributed by atoms with E-state index in [0.717, 1.165) is 22.5 Å². The molecule has 2 aromatic carbocycles. The molecule has 38 heavy (non-hydrogen) atoms. The largest absolute Gasteiger partial charge is 0.412 e. The van der Waals surface area contributed by atoms with E-state index in [2.05, 4.69) is 10.1 Å². The smallest absolute Gasteiger partial charge is 0.191 e. The van der Waals surface area contributed by atoms with Crippen LogP contribution in [0.4, 0.5) is 8.78 Å². The highest BCUT2D eigenvalue weighted by Gasteiger charge is 2.50. The van der Waals surface area contributed by atoms with Gasteiger partial charge < -0.3 is 5.48 Å². The van der Waals surface area contributed by atoms with Crippen molar-refractivity contribution in [2.45, 2.75) is 35.8 Å². The highest BCUT2D eigenvalue weighted by molar-refractivity contribution is 7.85. The summed E-state index contributed by atoms with van der Waals surface area (Å²) in [5.74, 6) is -0.801. The van der Waals surface area contributed by atoms with Gasteiger partial charge in [-0.1, -0.05) is 11.6 Å². The lowest BCUT2D eigenvalue weighted by molar-refractivity contribution is 0.0797. The number of carbonyl (C=O) groups excluding carboxylic acids is 1. The second kappa shape index (κ2) is 10.2. The predicted octanol–water partition coefficient (Wildman–Crippen LogP) is 4.89. The molecule has 0 spiro atoms. The molecule has 2 aliphatic rings. The zero-order valence-corrected chi connectivity index (χ0v) is 21.1. The molecule has 6 rings (SSSR count). The molecular formula is C29H25F2N3O3S. The van der Waals surface area contributed by atoms with Crippen molar-refractivity contribution < 1.29 is 23.3 Å². The van der Waals surface area contributed by atoms with Gasteiger partial charge >= 0.3 is 0 Å². The lowest BCUT2D eigenvalue weighted by atomic mass is 9.61. The van der Waals surface area contributed by atoms with Gasteiger partial charge in [-0.05, 0) is 98.0 Å². The van der Waals surface area contributed by atoms with E-state index in [9.17, 15) is 17.8 Å². The van der Waals surface area contributed by atoms with E-state index in [4.69, 9.17) is 0 Å². The molecule has 1 unspecified atom stereocenters. The number of fused-ring (bicyclic) bond motifs is 2. The van der Waals surface area contributed by atoms with Gasteiger partial charge in [-0.15, -0.1) is 0 Å². The van der Waals surface area contributed by atoms with Crippen molar-refractivity contribution in [3.05, 3.63) is 113 Å². The Labute approximate surface area is 220 Å². The lowest BCUT2D eigenvalue weighted by Crippen LogP contribution is -2.45. The first kappa shape index (κ1) is 25.8. The Morgan fingerprint density at radius 2 is 1.71 bits per heavy atom. The fourth-order valence-electron chi connectivity index (χ4n) is 5.54. The molecule has 2 N–H and O–H groups in total. The summed E-state index contributed by atoms with van der Waals surface area (Å²) in [6, 6.07) is 17.1. The number of rotatable bonds is 5. The summed E-state index contributed by atoms with van der Waals surface area (Å²) in [6.45, 7) is 0. The quantitative estimate of drug-likeness (QED) is 0.341. The third-order valence-electron chi connectivity index (χ3n) is 7.37. The van der Waals surface area contributed by atoms with Gasteiger partial charge in [0.1, 0.15) is 17.3 Å². The van der Waals surface area contributed by atoms with Crippen LogP contribution in [-0.4, -0.2) is 35.5 Å². The van der Waals surface area contributed by atoms with Gasteiger partial charge in [-0.2, -0.15) is 5.10 Å². The van der Waals surface area contributed by atoms with Gasteiger partial charge in [0.15, 0.2) is 5.78 Å². The van der Waals surface area contributed by atoms with Crippen molar-refractivity contribution >= 4 is 22.7 Å². The molecule has 3 atom stereocenters. The van der Waals surface area contributed by atoms with E-state index in [-0.39, 0.29) is 28.1 Å². The number of hydrogen-bond donors (Lipinski definition) is 0. The maximum Gasteiger partial charge on any atom is 0.191 e. The van der Waals surface area contributed by atoms with Gasteiger partial charge in [0.25, 0.3) is 0 Å². The molecule has 4 aromatic rings. The molecule has 0 bridgehead atoms. The number of halogens is 2. The molecule has 194 valence electrons. The minimum absolute atomic E-state index is 0. The third-order valence-corrected chi connectivity index (χ3v) is 9.11. The van der Waals surface area contributed by atoms with E-state index in [0.29, 0.717) is 36.3 Å². The van der Waals surface area contributed by atoms with Gasteiger partial charge in [0.2, 0.25) is 0 Å². The average Bonchev–Trinajstić information content (AvgIpc) is 3.34. The monoisotopic (exact) mass is 533 g/mol. The van der Waals surface area contributed by atoms with Crippen LogP contribution in [0.3, 0.4) is 0 Å². The van der Waals surface area contributed by atoms with Gasteiger partial charge in [-0.3, -0.25) is 14.0 Å². The molecule has 6 nitrogen and oxygen atoms in total. The summed E-state index contributed by atoms with van der Waals surface area (Å²) in [5, 5.41) is 4.28. The molecule has 2 heterocycles. The second-order valence-corrected chi connectivity index (χ2v) is 11.3. The Hall–Kier alpha value is -3.82. The van der Waals surface area contributed by atoms with Gasteiger partial charge in [0, 0.05) is 16.3 Å². The minimum Gasteiger partial charge on any atom is -0.412 e. The molecule has 0 saturated heterocycles. The summed E-state index contributed by atoms with van der Waals surface area (Å²) in [7, 11) is -1.40. The zero-order valence-electron chi connectivity index (χ0n) is 20.3. The van der Waals surface area contributed by atoms with Crippen LogP contribution in [0.5, 0.6) is 0 Å². The first-order valence-electron chi connectivity index (χ1n) is 12.1. The summed E-state index contributed by atoms with van der Waals surface area (Å²) >= 11 is 0. The van der Waals surface area contributed by atoms with Crippen molar-refractivity contribution in [1.82, 2.24) is 14.8 Å². The molecule has 1 fully saturated rings. The van der Waals surface area contributed by atoms with Crippen LogP contribution in [0, 0.1) is 17.0 Å². The number of nitrogens with zero attached hydrogens (tertiary/aromatic N) is 3. The Kier molecular flexibility index (Phi) is 6.90. The number of Topliss-reactive ketones (excluding diaryl/α,β-unsaturated/α-hetero) is 1. The standard InChI is InChI=1S/C29H23F2N3O2S.H2O/c30-21-5-9-23(10-6-21)34-27-15-20-4-11-25(37(36)24-12-7-22(31)8-13-24)17-29(20,16-19(27)18-33-34)28(35)26-3-1-2-14-32-26;/h1-3,5-10,12-15,18,25H,4,11,16-17H2;1H2/t25-,29-,37?;/m0./s1. The van der Waals surface area contributed by atoms with Crippen LogP contribution in [0.25, 0.3) is 11.8 Å². The van der Waals surface area contributed by atoms with E-state index < -0.39 is 16.2 Å². The molecule has 0 aliphatic heterocycles. The summed E-state index contributed by atoms with van der Waals surface area (Å²) in [4.78, 5) is 19.0. The maximum absolute atomic E-state index is 14.1. The molecule has 0 amide bonds. The van der Waals surface area contributed by atoms with Crippen LogP contribution in [0.2, 0.25) is 0 Å². The molecular weight excluding hydrogens is 508 g/mol. The molecule has 1 saturated carbocycles. The zero-order chi connectivity index (χ0) is 25.6. The van der Waals surface area contributed by atoms with Crippen LogP contribution >= 0.6 is 0 Å². The van der Waals surface area contributed by atoms with Crippen LogP contribution < -0.4 is 0 Å². The number of ketones is 1. The Bertz CT molecular complexity index is 1540. The van der Waals surface area contributed by atoms with Gasteiger partial charge in [0.05, 0.1) is 33.8 Å². The SMILES string of the molecule is O.O=C(c1ccccn1)[C@]12Cc3cnn(-c4ccc(F)cc4)c3C=C1CC[C@H](S(=O)c1ccc(F)cc1)C2. The van der Waals surface area contributed by atoms with Crippen molar-refractivity contribution in [3.63, 3.8) is 0 Å². The number of allylic oxidation sites excluding steroid dienone is 1. The predicted molar refractivity (Wildman–Crippen MR) is 140 cm³/mol. The van der Waals surface area contributed by atoms with E-state index in [1.54, 1.807) is 59.5 Å². The normalized spacial score (nSPS) is 20.9. The maximum atomic E-state index is 14.1. The van der Waals surface area contributed by atoms with Crippen LogP contribution in [-0.2, 0) is 17.2 Å². The van der Waals surface area contributed by atoms with Crippen molar-refractivity contribution in [2.75, 3.05) is 0 Å². The first-order valence-corrected chi connectivity index (χ1v) is 13.3. The summed E-state index contributed by atoms with van der Waals surface area (Å²) in [6.07, 6.45) is 7.39. The van der Waals surface area contributed by atoms with Crippen molar-refractivity contribution in [2.24, 2.45) is 5.41 Å². The lowest BCUT2D eigenvalue weighted by Gasteiger charge is -2.43. The topological polar surface area (TPSA) is 96.3 Å². The van der Waals surface area contributed by atoms with Crippen LogP contribution in [0.1, 0.15) is 41.0 Å². The number of aromatic nitrogens is 3. The van der Waals surface area contributed by atoms with E-state index in [1.807, 2.05) is 6.08 Å². The summed E-state index contributed by atoms with van der Waals surface area (Å²) in [5.41, 5.74) is 2.92. The molecule has 0 radical (unpaired) electrons. The fraction of sp³-hybridized carbons (Fsp3) is 0.207. The highest BCUT2D eigenvalue weighted by Crippen LogP contribution is 2.51. The summed E-state index contributed by atoms with van der Waals surface area (Å²) < 4.78 is 42.3. The number of benzene rings is 2. The van der Waals surface area contributed by atoms with E-state index >= 15 is 0 Å².